The maximum absolute atomic E-state index is 12.9. The Morgan fingerprint density at radius 2 is 2.10 bits per heavy atom. The molecule has 5 heteroatoms. The molecule has 0 aromatic heterocycles. The molecule has 0 atom stereocenters. The summed E-state index contributed by atoms with van der Waals surface area (Å²) in [6.07, 6.45) is 0. The highest BCUT2D eigenvalue weighted by Crippen LogP contribution is 2.20. The monoisotopic (exact) mass is 284 g/mol. The van der Waals surface area contributed by atoms with Gasteiger partial charge in [0.15, 0.2) is 0 Å². The molecule has 0 saturated carbocycles. The first-order chi connectivity index (χ1) is 10.0. The molecule has 2 rings (SSSR count). The zero-order valence-electron chi connectivity index (χ0n) is 11.4. The van der Waals surface area contributed by atoms with Gasteiger partial charge >= 0.3 is 0 Å². The normalized spacial score (nSPS) is 9.95. The molecule has 0 unspecified atom stereocenters. The molecule has 2 aromatic carbocycles. The number of carbonyl (C=O) groups is 1. The summed E-state index contributed by atoms with van der Waals surface area (Å²) in [5.41, 5.74) is 1.35. The average molecular weight is 284 g/mol. The van der Waals surface area contributed by atoms with Crippen LogP contribution < -0.4 is 0 Å². The quantitative estimate of drug-likeness (QED) is 0.942. The fourth-order valence-electron chi connectivity index (χ4n) is 1.98. The Kier molecular flexibility index (Phi) is 4.19. The van der Waals surface area contributed by atoms with Gasteiger partial charge in [-0.05, 0) is 29.8 Å². The van der Waals surface area contributed by atoms with Gasteiger partial charge in [-0.2, -0.15) is 5.26 Å². The number of nitrogens with zero attached hydrogens (tertiary/aromatic N) is 2. The van der Waals surface area contributed by atoms with Crippen molar-refractivity contribution in [1.82, 2.24) is 4.90 Å². The summed E-state index contributed by atoms with van der Waals surface area (Å²) >= 11 is 0. The average Bonchev–Trinajstić information content (AvgIpc) is 2.46. The van der Waals surface area contributed by atoms with Crippen LogP contribution in [0, 0.1) is 17.1 Å². The van der Waals surface area contributed by atoms with Gasteiger partial charge in [0.1, 0.15) is 11.6 Å². The number of aromatic hydroxyl groups is 1. The molecule has 0 fully saturated rings. The van der Waals surface area contributed by atoms with Gasteiger partial charge in [-0.1, -0.05) is 12.1 Å². The Morgan fingerprint density at radius 3 is 2.76 bits per heavy atom. The van der Waals surface area contributed by atoms with Gasteiger partial charge < -0.3 is 10.0 Å². The van der Waals surface area contributed by atoms with Gasteiger partial charge in [0.25, 0.3) is 5.91 Å². The highest BCUT2D eigenvalue weighted by molar-refractivity contribution is 5.96. The molecule has 106 valence electrons. The van der Waals surface area contributed by atoms with Gasteiger partial charge in [-0.15, -0.1) is 0 Å². The summed E-state index contributed by atoms with van der Waals surface area (Å²) in [5.74, 6) is -1.42. The second-order valence-electron chi connectivity index (χ2n) is 4.63. The van der Waals surface area contributed by atoms with E-state index < -0.39 is 17.5 Å². The fourth-order valence-corrected chi connectivity index (χ4v) is 1.98. The third-order valence-corrected chi connectivity index (χ3v) is 3.01. The number of benzene rings is 2. The zero-order chi connectivity index (χ0) is 15.4. The van der Waals surface area contributed by atoms with Crippen molar-refractivity contribution < 1.29 is 14.3 Å². The summed E-state index contributed by atoms with van der Waals surface area (Å²) < 4.78 is 12.9. The fraction of sp³-hybridized carbons (Fsp3) is 0.125. The van der Waals surface area contributed by atoms with Crippen LogP contribution in [0.5, 0.6) is 5.75 Å². The van der Waals surface area contributed by atoms with E-state index >= 15 is 0 Å². The third-order valence-electron chi connectivity index (χ3n) is 3.01. The van der Waals surface area contributed by atoms with Gasteiger partial charge in [-0.3, -0.25) is 4.79 Å². The third kappa shape index (κ3) is 3.37. The van der Waals surface area contributed by atoms with E-state index in [1.165, 1.54) is 11.0 Å². The van der Waals surface area contributed by atoms with Crippen LogP contribution in [-0.4, -0.2) is 23.0 Å². The molecule has 0 bridgehead atoms. The first kappa shape index (κ1) is 14.5. The van der Waals surface area contributed by atoms with Gasteiger partial charge in [0.2, 0.25) is 0 Å². The number of halogens is 1. The summed E-state index contributed by atoms with van der Waals surface area (Å²) in [6.45, 7) is 0.283. The maximum Gasteiger partial charge on any atom is 0.257 e. The molecule has 2 aromatic rings. The largest absolute Gasteiger partial charge is 0.507 e. The highest BCUT2D eigenvalue weighted by Gasteiger charge is 2.16. The zero-order valence-corrected chi connectivity index (χ0v) is 11.4. The minimum atomic E-state index is -0.603. The van der Waals surface area contributed by atoms with Crippen LogP contribution in [0.4, 0.5) is 4.39 Å². The number of hydrogen-bond acceptors (Lipinski definition) is 3. The van der Waals surface area contributed by atoms with E-state index in [2.05, 4.69) is 0 Å². The molecule has 21 heavy (non-hydrogen) atoms. The molecule has 0 aliphatic heterocycles. The molecule has 0 heterocycles. The molecule has 0 aliphatic rings. The molecule has 0 radical (unpaired) electrons. The Hall–Kier alpha value is -2.87. The van der Waals surface area contributed by atoms with Crippen LogP contribution in [0.3, 0.4) is 0 Å². The highest BCUT2D eigenvalue weighted by atomic mass is 19.1. The van der Waals surface area contributed by atoms with Crippen molar-refractivity contribution in [2.24, 2.45) is 0 Å². The van der Waals surface area contributed by atoms with E-state index in [-0.39, 0.29) is 12.1 Å². The lowest BCUT2D eigenvalue weighted by atomic mass is 10.1. The summed E-state index contributed by atoms with van der Waals surface area (Å²) in [7, 11) is 1.57. The second-order valence-corrected chi connectivity index (χ2v) is 4.63. The number of rotatable bonds is 3. The van der Waals surface area contributed by atoms with Crippen molar-refractivity contribution in [3.05, 3.63) is 65.0 Å². The Morgan fingerprint density at radius 1 is 1.33 bits per heavy atom. The molecule has 4 nitrogen and oxygen atoms in total. The van der Waals surface area contributed by atoms with Crippen LogP contribution in [-0.2, 0) is 6.54 Å². The lowest BCUT2D eigenvalue weighted by Crippen LogP contribution is -2.26. The Balaban J connectivity index is 2.17. The van der Waals surface area contributed by atoms with Crippen LogP contribution in [0.25, 0.3) is 0 Å². The van der Waals surface area contributed by atoms with Crippen LogP contribution >= 0.6 is 0 Å². The molecule has 0 aliphatic carbocycles. The predicted octanol–water partition coefficient (Wildman–Crippen LogP) is 2.68. The lowest BCUT2D eigenvalue weighted by Gasteiger charge is -2.18. The standard InChI is InChI=1S/C16H13FN2O2/c1-19(10-12-4-2-3-11(7-12)9-18)16(21)14-6-5-13(17)8-15(14)20/h2-8,20H,10H2,1H3. The molecular weight excluding hydrogens is 271 g/mol. The number of carbonyl (C=O) groups excluding carboxylic acids is 1. The number of phenols is 1. The van der Waals surface area contributed by atoms with E-state index in [4.69, 9.17) is 5.26 Å². The second kappa shape index (κ2) is 6.06. The summed E-state index contributed by atoms with van der Waals surface area (Å²) in [4.78, 5) is 13.6. The number of nitriles is 1. The molecule has 0 saturated heterocycles. The van der Waals surface area contributed by atoms with E-state index in [9.17, 15) is 14.3 Å². The van der Waals surface area contributed by atoms with E-state index in [1.807, 2.05) is 6.07 Å². The van der Waals surface area contributed by atoms with Crippen molar-refractivity contribution in [3.8, 4) is 11.8 Å². The van der Waals surface area contributed by atoms with Crippen LogP contribution in [0.15, 0.2) is 42.5 Å². The minimum Gasteiger partial charge on any atom is -0.507 e. The molecule has 1 N–H and O–H groups in total. The first-order valence-electron chi connectivity index (χ1n) is 6.24. The van der Waals surface area contributed by atoms with Crippen molar-refractivity contribution >= 4 is 5.91 Å². The van der Waals surface area contributed by atoms with Crippen LogP contribution in [0.1, 0.15) is 21.5 Å². The predicted molar refractivity (Wildman–Crippen MR) is 75.0 cm³/mol. The molecule has 1 amide bonds. The number of hydrogen-bond donors (Lipinski definition) is 1. The topological polar surface area (TPSA) is 64.3 Å². The van der Waals surface area contributed by atoms with E-state index in [0.29, 0.717) is 5.56 Å². The molecule has 0 spiro atoms. The van der Waals surface area contributed by atoms with E-state index in [1.54, 1.807) is 31.3 Å². The smallest absolute Gasteiger partial charge is 0.257 e. The molecular formula is C16H13FN2O2. The van der Waals surface area contributed by atoms with Crippen molar-refractivity contribution in [2.45, 2.75) is 6.54 Å². The summed E-state index contributed by atoms with van der Waals surface area (Å²) in [6, 6.07) is 12.2. The van der Waals surface area contributed by atoms with Crippen molar-refractivity contribution in [1.29, 1.82) is 5.26 Å². The van der Waals surface area contributed by atoms with Crippen LogP contribution in [0.2, 0.25) is 0 Å². The number of amides is 1. The van der Waals surface area contributed by atoms with Crippen molar-refractivity contribution in [2.75, 3.05) is 7.05 Å². The van der Waals surface area contributed by atoms with Gasteiger partial charge in [0.05, 0.1) is 17.2 Å². The minimum absolute atomic E-state index is 0.0373. The Bertz CT molecular complexity index is 722. The number of phenolic OH excluding ortho intramolecular Hbond substituents is 1. The lowest BCUT2D eigenvalue weighted by molar-refractivity contribution is 0.0782. The Labute approximate surface area is 121 Å². The van der Waals surface area contributed by atoms with Crippen molar-refractivity contribution in [3.63, 3.8) is 0 Å². The van der Waals surface area contributed by atoms with Gasteiger partial charge in [0, 0.05) is 19.7 Å². The SMILES string of the molecule is CN(Cc1cccc(C#N)c1)C(=O)c1ccc(F)cc1O. The maximum atomic E-state index is 12.9. The van der Waals surface area contributed by atoms with Gasteiger partial charge in [-0.25, -0.2) is 4.39 Å². The summed E-state index contributed by atoms with van der Waals surface area (Å²) in [5, 5.41) is 18.5. The van der Waals surface area contributed by atoms with E-state index in [0.717, 1.165) is 17.7 Å². The first-order valence-corrected chi connectivity index (χ1v) is 6.24.